The Kier molecular flexibility index (Phi) is 7.75. The van der Waals surface area contributed by atoms with Crippen molar-refractivity contribution < 1.29 is 14.3 Å². The molecule has 192 valence electrons. The quantitative estimate of drug-likeness (QED) is 0.286. The van der Waals surface area contributed by atoms with Crippen LogP contribution in [0.2, 0.25) is 0 Å². The van der Waals surface area contributed by atoms with Crippen LogP contribution in [0.5, 0.6) is 0 Å². The second kappa shape index (κ2) is 11.5. The van der Waals surface area contributed by atoms with Gasteiger partial charge in [-0.05, 0) is 43.7 Å². The van der Waals surface area contributed by atoms with Crippen molar-refractivity contribution in [3.05, 3.63) is 83.9 Å². The van der Waals surface area contributed by atoms with E-state index in [4.69, 9.17) is 9.47 Å². The number of aromatic nitrogens is 4. The predicted molar refractivity (Wildman–Crippen MR) is 142 cm³/mol. The molecule has 4 aromatic rings. The van der Waals surface area contributed by atoms with Crippen LogP contribution in [-0.2, 0) is 20.7 Å². The maximum absolute atomic E-state index is 12.3. The van der Waals surface area contributed by atoms with E-state index in [0.717, 1.165) is 30.5 Å². The smallest absolute Gasteiger partial charge is 0.306 e. The average molecular weight is 500 g/mol. The van der Waals surface area contributed by atoms with Crippen LogP contribution >= 0.6 is 0 Å². The van der Waals surface area contributed by atoms with Crippen molar-refractivity contribution in [2.45, 2.75) is 64.3 Å². The summed E-state index contributed by atoms with van der Waals surface area (Å²) in [4.78, 5) is 25.8. The highest BCUT2D eigenvalue weighted by Crippen LogP contribution is 2.32. The van der Waals surface area contributed by atoms with Crippen molar-refractivity contribution in [1.82, 2.24) is 19.5 Å². The van der Waals surface area contributed by atoms with Gasteiger partial charge in [-0.15, -0.1) is 0 Å². The number of nitrogens with zero attached hydrogens (tertiary/aromatic N) is 4. The number of carbonyl (C=O) groups is 1. The van der Waals surface area contributed by atoms with Crippen molar-refractivity contribution in [3.8, 4) is 0 Å². The number of fused-ring (bicyclic) bond motifs is 1. The summed E-state index contributed by atoms with van der Waals surface area (Å²) in [7, 11) is 0. The molecule has 0 amide bonds. The van der Waals surface area contributed by atoms with Gasteiger partial charge in [-0.3, -0.25) is 9.36 Å². The third kappa shape index (κ3) is 5.97. The highest BCUT2D eigenvalue weighted by atomic mass is 16.6. The largest absolute Gasteiger partial charge is 0.463 e. The molecule has 1 aliphatic heterocycles. The number of imidazole rings is 1. The molecule has 3 atom stereocenters. The van der Waals surface area contributed by atoms with E-state index < -0.39 is 0 Å². The topological polar surface area (TPSA) is 91.2 Å². The fourth-order valence-electron chi connectivity index (χ4n) is 4.71. The molecule has 0 saturated carbocycles. The molecule has 1 aliphatic rings. The second-order valence-corrected chi connectivity index (χ2v) is 9.52. The van der Waals surface area contributed by atoms with Crippen LogP contribution in [0.1, 0.15) is 61.6 Å². The number of esters is 1. The van der Waals surface area contributed by atoms with Crippen LogP contribution in [0, 0.1) is 6.92 Å². The van der Waals surface area contributed by atoms with Crippen molar-refractivity contribution in [2.24, 2.45) is 0 Å². The summed E-state index contributed by atoms with van der Waals surface area (Å²) in [6.07, 6.45) is 6.51. The zero-order chi connectivity index (χ0) is 25.6. The summed E-state index contributed by atoms with van der Waals surface area (Å²) in [5, 5.41) is 3.53. The lowest BCUT2D eigenvalue weighted by Gasteiger charge is -2.18. The van der Waals surface area contributed by atoms with Gasteiger partial charge in [0.25, 0.3) is 0 Å². The maximum Gasteiger partial charge on any atom is 0.306 e. The van der Waals surface area contributed by atoms with Gasteiger partial charge in [0.05, 0.1) is 18.5 Å². The van der Waals surface area contributed by atoms with E-state index in [1.807, 2.05) is 22.8 Å². The van der Waals surface area contributed by atoms with Crippen molar-refractivity contribution in [1.29, 1.82) is 0 Å². The third-order valence-corrected chi connectivity index (χ3v) is 6.84. The van der Waals surface area contributed by atoms with E-state index in [9.17, 15) is 4.79 Å². The Morgan fingerprint density at radius 2 is 1.92 bits per heavy atom. The summed E-state index contributed by atoms with van der Waals surface area (Å²) in [6, 6.07) is 18.7. The molecule has 1 saturated heterocycles. The second-order valence-electron chi connectivity index (χ2n) is 9.52. The summed E-state index contributed by atoms with van der Waals surface area (Å²) in [6.45, 7) is 4.45. The highest BCUT2D eigenvalue weighted by Gasteiger charge is 2.29. The molecule has 3 unspecified atom stereocenters. The minimum Gasteiger partial charge on any atom is -0.463 e. The van der Waals surface area contributed by atoms with Gasteiger partial charge in [-0.1, -0.05) is 67.1 Å². The number of anilines is 1. The number of carbonyl (C=O) groups excluding carboxylic acids is 1. The van der Waals surface area contributed by atoms with Crippen LogP contribution in [-0.4, -0.2) is 38.2 Å². The molecule has 2 aromatic carbocycles. The van der Waals surface area contributed by atoms with Crippen LogP contribution in [0.15, 0.2) is 67.3 Å². The van der Waals surface area contributed by atoms with Gasteiger partial charge in [-0.25, -0.2) is 15.0 Å². The molecular weight excluding hydrogens is 466 g/mol. The van der Waals surface area contributed by atoms with E-state index >= 15 is 0 Å². The van der Waals surface area contributed by atoms with E-state index in [1.54, 1.807) is 12.7 Å². The van der Waals surface area contributed by atoms with E-state index in [1.165, 1.54) is 11.1 Å². The van der Waals surface area contributed by atoms with Gasteiger partial charge >= 0.3 is 5.97 Å². The number of hydrogen-bond donors (Lipinski definition) is 1. The molecule has 0 spiro atoms. The summed E-state index contributed by atoms with van der Waals surface area (Å²) >= 11 is 0. The molecule has 0 aliphatic carbocycles. The monoisotopic (exact) mass is 499 g/mol. The van der Waals surface area contributed by atoms with Crippen LogP contribution < -0.4 is 5.32 Å². The Morgan fingerprint density at radius 3 is 2.70 bits per heavy atom. The first-order chi connectivity index (χ1) is 18.1. The lowest BCUT2D eigenvalue weighted by Crippen LogP contribution is -2.19. The van der Waals surface area contributed by atoms with Crippen LogP contribution in [0.25, 0.3) is 11.2 Å². The van der Waals surface area contributed by atoms with Gasteiger partial charge in [0.2, 0.25) is 0 Å². The lowest BCUT2D eigenvalue weighted by atomic mass is 10.0. The molecule has 2 aromatic heterocycles. The Balaban J connectivity index is 1.17. The minimum atomic E-state index is -0.208. The SMILES string of the molecule is CCC(Nc1ncnc2c1ncn2C1CCC(COC(=O)CCc2ccc(C)cc2)O1)c1ccccc1. The fourth-order valence-corrected chi connectivity index (χ4v) is 4.71. The number of hydrogen-bond acceptors (Lipinski definition) is 7. The third-order valence-electron chi connectivity index (χ3n) is 6.84. The van der Waals surface area contributed by atoms with Gasteiger partial charge in [-0.2, -0.15) is 0 Å². The first kappa shape index (κ1) is 24.9. The Hall–Kier alpha value is -3.78. The average Bonchev–Trinajstić information content (AvgIpc) is 3.58. The zero-order valence-corrected chi connectivity index (χ0v) is 21.3. The van der Waals surface area contributed by atoms with Crippen LogP contribution in [0.3, 0.4) is 0 Å². The molecule has 1 N–H and O–H groups in total. The Bertz CT molecular complexity index is 1320. The van der Waals surface area contributed by atoms with Crippen molar-refractivity contribution >= 4 is 23.0 Å². The normalized spacial score (nSPS) is 18.1. The molecule has 8 heteroatoms. The fraction of sp³-hybridized carbons (Fsp3) is 0.379. The molecular formula is C29H33N5O3. The van der Waals surface area contributed by atoms with E-state index in [2.05, 4.69) is 70.5 Å². The van der Waals surface area contributed by atoms with Gasteiger partial charge < -0.3 is 14.8 Å². The first-order valence-electron chi connectivity index (χ1n) is 13.0. The van der Waals surface area contributed by atoms with Crippen LogP contribution in [0.4, 0.5) is 5.82 Å². The van der Waals surface area contributed by atoms with Gasteiger partial charge in [0.15, 0.2) is 17.0 Å². The molecule has 8 nitrogen and oxygen atoms in total. The summed E-state index contributed by atoms with van der Waals surface area (Å²) in [5.74, 6) is 0.504. The molecule has 0 bridgehead atoms. The summed E-state index contributed by atoms with van der Waals surface area (Å²) in [5.41, 5.74) is 4.98. The van der Waals surface area contributed by atoms with Crippen molar-refractivity contribution in [2.75, 3.05) is 11.9 Å². The van der Waals surface area contributed by atoms with E-state index in [-0.39, 0.29) is 30.9 Å². The van der Waals surface area contributed by atoms with E-state index in [0.29, 0.717) is 24.2 Å². The number of rotatable bonds is 10. The molecule has 37 heavy (non-hydrogen) atoms. The standard InChI is InChI=1S/C29H33N5O3/c1-3-24(22-7-5-4-6-8-22)33-28-27-29(31-18-30-28)34(19-32-27)25-15-14-23(37-25)17-36-26(35)16-13-21-11-9-20(2)10-12-21/h4-12,18-19,23-25H,3,13-17H2,1-2H3,(H,30,31,33). The minimum absolute atomic E-state index is 0.122. The summed E-state index contributed by atoms with van der Waals surface area (Å²) < 4.78 is 13.7. The molecule has 1 fully saturated rings. The first-order valence-corrected chi connectivity index (χ1v) is 13.0. The Labute approximate surface area is 217 Å². The molecule has 3 heterocycles. The Morgan fingerprint density at radius 1 is 1.11 bits per heavy atom. The number of aryl methyl sites for hydroxylation is 2. The van der Waals surface area contributed by atoms with Crippen molar-refractivity contribution in [3.63, 3.8) is 0 Å². The highest BCUT2D eigenvalue weighted by molar-refractivity contribution is 5.83. The lowest BCUT2D eigenvalue weighted by molar-refractivity contribution is -0.148. The predicted octanol–water partition coefficient (Wildman–Crippen LogP) is 5.55. The maximum atomic E-state index is 12.3. The number of nitrogens with one attached hydrogen (secondary N) is 1. The molecule has 5 rings (SSSR count). The molecule has 0 radical (unpaired) electrons. The van der Waals surface area contributed by atoms with Gasteiger partial charge in [0.1, 0.15) is 19.2 Å². The zero-order valence-electron chi connectivity index (χ0n) is 21.3. The number of benzene rings is 2. The van der Waals surface area contributed by atoms with Gasteiger partial charge in [0, 0.05) is 6.42 Å². The number of ether oxygens (including phenoxy) is 2.